The van der Waals surface area contributed by atoms with Crippen LogP contribution in [0.15, 0.2) is 71.5 Å². The predicted molar refractivity (Wildman–Crippen MR) is 145 cm³/mol. The molecule has 2 N–H and O–H groups in total. The second-order valence-corrected chi connectivity index (χ2v) is 9.86. The summed E-state index contributed by atoms with van der Waals surface area (Å²) in [5.41, 5.74) is 2.63. The summed E-state index contributed by atoms with van der Waals surface area (Å²) in [7, 11) is 2.10. The fourth-order valence-corrected chi connectivity index (χ4v) is 4.72. The highest BCUT2D eigenvalue weighted by Gasteiger charge is 2.20. The average Bonchev–Trinajstić information content (AvgIpc) is 3.32. The van der Waals surface area contributed by atoms with E-state index in [0.717, 1.165) is 41.9 Å². The van der Waals surface area contributed by atoms with Crippen LogP contribution in [0.2, 0.25) is 0 Å². The summed E-state index contributed by atoms with van der Waals surface area (Å²) in [6.45, 7) is 4.01. The number of hydrogen-bond donors (Lipinski definition) is 2. The number of rotatable bonds is 6. The minimum Gasteiger partial charge on any atom is -0.369 e. The molecule has 1 saturated heterocycles. The number of carbonyl (C=O) groups excluding carboxylic acids is 2. The van der Waals surface area contributed by atoms with Crippen LogP contribution in [0.5, 0.6) is 0 Å². The average molecular weight is 565 g/mol. The number of nitrogens with one attached hydrogen (secondary N) is 2. The molecule has 2 aromatic heterocycles. The molecule has 4 aromatic rings. The molecular weight excluding hydrogens is 539 g/mol. The monoisotopic (exact) mass is 564 g/mol. The van der Waals surface area contributed by atoms with Gasteiger partial charge in [0.1, 0.15) is 11.3 Å². The maximum Gasteiger partial charge on any atom is 0.274 e. The van der Waals surface area contributed by atoms with Crippen LogP contribution in [-0.2, 0) is 6.54 Å². The van der Waals surface area contributed by atoms with E-state index in [9.17, 15) is 9.59 Å². The van der Waals surface area contributed by atoms with Gasteiger partial charge in [-0.2, -0.15) is 0 Å². The number of benzene rings is 2. The van der Waals surface area contributed by atoms with Crippen molar-refractivity contribution in [3.63, 3.8) is 0 Å². The van der Waals surface area contributed by atoms with E-state index in [4.69, 9.17) is 0 Å². The highest BCUT2D eigenvalue weighted by Crippen LogP contribution is 2.23. The molecule has 0 radical (unpaired) electrons. The molecule has 0 atom stereocenters. The number of likely N-dealkylation sites (N-methyl/N-ethyl adjacent to an activating group) is 1. The lowest BCUT2D eigenvalue weighted by Crippen LogP contribution is -2.45. The molecule has 1 aliphatic rings. The highest BCUT2D eigenvalue weighted by molar-refractivity contribution is 9.10. The molecule has 2 aromatic carbocycles. The van der Waals surface area contributed by atoms with Crippen molar-refractivity contribution in [2.75, 3.05) is 43.4 Å². The van der Waals surface area contributed by atoms with E-state index in [0.29, 0.717) is 5.65 Å². The number of carbonyl (C=O) groups is 2. The molecule has 0 spiro atoms. The van der Waals surface area contributed by atoms with Crippen molar-refractivity contribution >= 4 is 44.8 Å². The third-order valence-corrected chi connectivity index (χ3v) is 6.97. The maximum absolute atomic E-state index is 15.3. The Bertz CT molecular complexity index is 1460. The van der Waals surface area contributed by atoms with Gasteiger partial charge in [0.05, 0.1) is 17.4 Å². The zero-order chi connectivity index (χ0) is 25.9. The van der Waals surface area contributed by atoms with E-state index in [2.05, 4.69) is 48.4 Å². The van der Waals surface area contributed by atoms with Gasteiger partial charge >= 0.3 is 0 Å². The van der Waals surface area contributed by atoms with Crippen molar-refractivity contribution in [1.29, 1.82) is 0 Å². The van der Waals surface area contributed by atoms with Crippen LogP contribution in [0, 0.1) is 5.82 Å². The van der Waals surface area contributed by atoms with Crippen molar-refractivity contribution in [2.45, 2.75) is 6.54 Å². The number of piperazine rings is 1. The molecule has 5 rings (SSSR count). The lowest BCUT2D eigenvalue weighted by Gasteiger charge is -2.35. The lowest BCUT2D eigenvalue weighted by atomic mass is 10.1. The number of imidazole rings is 1. The fraction of sp³-hybridized carbons (Fsp3) is 0.222. The van der Waals surface area contributed by atoms with Gasteiger partial charge in [-0.3, -0.25) is 14.0 Å². The predicted octanol–water partition coefficient (Wildman–Crippen LogP) is 4.17. The van der Waals surface area contributed by atoms with Gasteiger partial charge in [-0.15, -0.1) is 0 Å². The zero-order valence-electron chi connectivity index (χ0n) is 20.2. The van der Waals surface area contributed by atoms with Crippen molar-refractivity contribution in [2.24, 2.45) is 0 Å². The van der Waals surface area contributed by atoms with Crippen molar-refractivity contribution < 1.29 is 14.0 Å². The smallest absolute Gasteiger partial charge is 0.274 e. The number of fused-ring (bicyclic) bond motifs is 1. The van der Waals surface area contributed by atoms with Gasteiger partial charge in [-0.25, -0.2) is 9.37 Å². The van der Waals surface area contributed by atoms with Crippen LogP contribution in [0.25, 0.3) is 5.65 Å². The Morgan fingerprint density at radius 2 is 1.81 bits per heavy atom. The third kappa shape index (κ3) is 5.35. The summed E-state index contributed by atoms with van der Waals surface area (Å²) in [6.07, 6.45) is 3.12. The Hall–Kier alpha value is -3.76. The minimum absolute atomic E-state index is 0.0810. The Morgan fingerprint density at radius 1 is 1.03 bits per heavy atom. The fourth-order valence-electron chi connectivity index (χ4n) is 4.40. The topological polar surface area (TPSA) is 82.0 Å². The van der Waals surface area contributed by atoms with Crippen LogP contribution < -0.4 is 15.5 Å². The van der Waals surface area contributed by atoms with Crippen LogP contribution in [-0.4, -0.2) is 59.3 Å². The van der Waals surface area contributed by atoms with Crippen LogP contribution in [0.4, 0.5) is 15.8 Å². The quantitative estimate of drug-likeness (QED) is 0.367. The number of amides is 2. The first-order chi connectivity index (χ1) is 17.9. The standard InChI is InChI=1S/C27H26BrFN6O2/c1-33-11-13-34(14-12-33)22-8-3-2-5-18(22)16-31-26(36)20-6-4-7-21(25(20)29)32-27(37)23-17-30-24-15-19(28)9-10-35(23)24/h2-10,15,17H,11-14,16H2,1H3,(H,31,36)(H,32,37). The minimum atomic E-state index is -0.794. The van der Waals surface area contributed by atoms with Gasteiger partial charge in [0.2, 0.25) is 0 Å². The van der Waals surface area contributed by atoms with E-state index in [1.807, 2.05) is 24.3 Å². The number of hydrogen-bond acceptors (Lipinski definition) is 5. The number of pyridine rings is 1. The van der Waals surface area contributed by atoms with Crippen molar-refractivity contribution in [3.05, 3.63) is 94.1 Å². The molecule has 37 heavy (non-hydrogen) atoms. The molecule has 10 heteroatoms. The second-order valence-electron chi connectivity index (χ2n) is 8.94. The molecule has 0 bridgehead atoms. The van der Waals surface area contributed by atoms with Crippen molar-refractivity contribution in [1.82, 2.24) is 19.6 Å². The van der Waals surface area contributed by atoms with E-state index < -0.39 is 17.6 Å². The SMILES string of the molecule is CN1CCN(c2ccccc2CNC(=O)c2cccc(NC(=O)c3cnc4cc(Br)ccn34)c2F)CC1. The Morgan fingerprint density at radius 3 is 2.62 bits per heavy atom. The normalized spacial score (nSPS) is 14.1. The number of aromatic nitrogens is 2. The first-order valence-corrected chi connectivity index (χ1v) is 12.7. The Kier molecular flexibility index (Phi) is 7.20. The molecule has 0 aliphatic carbocycles. The van der Waals surface area contributed by atoms with Crippen molar-refractivity contribution in [3.8, 4) is 0 Å². The number of anilines is 2. The zero-order valence-corrected chi connectivity index (χ0v) is 21.8. The first kappa shape index (κ1) is 24.9. The molecule has 0 unspecified atom stereocenters. The maximum atomic E-state index is 15.3. The van der Waals surface area contributed by atoms with Crippen LogP contribution in [0.1, 0.15) is 26.4 Å². The summed E-state index contributed by atoms with van der Waals surface area (Å²) in [6, 6.07) is 15.8. The largest absolute Gasteiger partial charge is 0.369 e. The molecule has 3 heterocycles. The summed E-state index contributed by atoms with van der Waals surface area (Å²) < 4.78 is 17.7. The Labute approximate surface area is 222 Å². The van der Waals surface area contributed by atoms with E-state index in [1.54, 1.807) is 22.7 Å². The third-order valence-electron chi connectivity index (χ3n) is 6.47. The molecule has 1 aliphatic heterocycles. The van der Waals surface area contributed by atoms with Gasteiger partial charge in [0, 0.05) is 49.1 Å². The van der Waals surface area contributed by atoms with Crippen LogP contribution >= 0.6 is 15.9 Å². The molecule has 2 amide bonds. The molecule has 8 nitrogen and oxygen atoms in total. The van der Waals surface area contributed by atoms with E-state index in [1.165, 1.54) is 24.4 Å². The van der Waals surface area contributed by atoms with Crippen LogP contribution in [0.3, 0.4) is 0 Å². The molecule has 1 fully saturated rings. The number of halogens is 2. The first-order valence-electron chi connectivity index (χ1n) is 11.9. The van der Waals surface area contributed by atoms with Gasteiger partial charge < -0.3 is 20.4 Å². The highest BCUT2D eigenvalue weighted by atomic mass is 79.9. The van der Waals surface area contributed by atoms with E-state index >= 15 is 4.39 Å². The van der Waals surface area contributed by atoms with E-state index in [-0.39, 0.29) is 23.5 Å². The van der Waals surface area contributed by atoms with Gasteiger partial charge in [0.25, 0.3) is 11.8 Å². The molecular formula is C27H26BrFN6O2. The lowest BCUT2D eigenvalue weighted by molar-refractivity contribution is 0.0945. The summed E-state index contributed by atoms with van der Waals surface area (Å²) >= 11 is 3.37. The molecule has 0 saturated carbocycles. The van der Waals surface area contributed by atoms with Gasteiger partial charge in [-0.1, -0.05) is 40.2 Å². The number of nitrogens with zero attached hydrogens (tertiary/aromatic N) is 4. The molecule has 190 valence electrons. The summed E-state index contributed by atoms with van der Waals surface area (Å²) in [4.78, 5) is 34.6. The van der Waals surface area contributed by atoms with Gasteiger partial charge in [0.15, 0.2) is 5.82 Å². The summed E-state index contributed by atoms with van der Waals surface area (Å²) in [5, 5.41) is 5.40. The van der Waals surface area contributed by atoms with Gasteiger partial charge in [-0.05, 0) is 42.9 Å². The Balaban J connectivity index is 1.29. The number of para-hydroxylation sites is 1. The second kappa shape index (κ2) is 10.7. The summed E-state index contributed by atoms with van der Waals surface area (Å²) in [5.74, 6) is -1.88.